The van der Waals surface area contributed by atoms with Crippen molar-refractivity contribution in [2.24, 2.45) is 5.73 Å². The first kappa shape index (κ1) is 12.0. The Kier molecular flexibility index (Phi) is 3.33. The van der Waals surface area contributed by atoms with E-state index in [4.69, 9.17) is 10.5 Å². The largest absolute Gasteiger partial charge is 0.491 e. The van der Waals surface area contributed by atoms with E-state index in [1.165, 1.54) is 0 Å². The monoisotopic (exact) mass is 255 g/mol. The minimum absolute atomic E-state index is 0.458. The molecule has 1 aromatic carbocycles. The molecule has 0 atom stereocenters. The van der Waals surface area contributed by atoms with Crippen LogP contribution in [0.1, 0.15) is 12.1 Å². The molecule has 19 heavy (non-hydrogen) atoms. The molecule has 2 N–H and O–H groups in total. The second-order valence-electron chi connectivity index (χ2n) is 4.51. The van der Waals surface area contributed by atoms with Crippen LogP contribution in [0.3, 0.4) is 0 Å². The highest BCUT2D eigenvalue weighted by Gasteiger charge is 2.18. The summed E-state index contributed by atoms with van der Waals surface area (Å²) < 4.78 is 5.76. The number of anilines is 2. The molecule has 4 nitrogen and oxygen atoms in total. The van der Waals surface area contributed by atoms with Crippen LogP contribution in [0.5, 0.6) is 5.75 Å². The predicted octanol–water partition coefficient (Wildman–Crippen LogP) is 2.46. The van der Waals surface area contributed by atoms with Gasteiger partial charge in [-0.25, -0.2) is 4.98 Å². The van der Waals surface area contributed by atoms with Crippen molar-refractivity contribution in [1.82, 2.24) is 4.98 Å². The van der Waals surface area contributed by atoms with Crippen molar-refractivity contribution in [2.75, 3.05) is 18.1 Å². The molecule has 0 radical (unpaired) electrons. The van der Waals surface area contributed by atoms with Gasteiger partial charge in [-0.15, -0.1) is 0 Å². The fraction of sp³-hybridized carbons (Fsp3) is 0.267. The molecule has 2 aromatic rings. The summed E-state index contributed by atoms with van der Waals surface area (Å²) in [6.07, 6.45) is 0.975. The maximum atomic E-state index is 5.76. The highest BCUT2D eigenvalue weighted by atomic mass is 16.5. The van der Waals surface area contributed by atoms with E-state index in [9.17, 15) is 0 Å². The molecule has 0 saturated carbocycles. The summed E-state index contributed by atoms with van der Waals surface area (Å²) in [5.41, 5.74) is 7.64. The summed E-state index contributed by atoms with van der Waals surface area (Å²) in [7, 11) is 0. The molecule has 0 bridgehead atoms. The van der Waals surface area contributed by atoms with E-state index in [0.717, 1.165) is 42.5 Å². The average Bonchev–Trinajstić information content (AvgIpc) is 2.69. The summed E-state index contributed by atoms with van der Waals surface area (Å²) in [5, 5.41) is 0. The Labute approximate surface area is 112 Å². The van der Waals surface area contributed by atoms with Crippen LogP contribution < -0.4 is 15.4 Å². The van der Waals surface area contributed by atoms with Crippen molar-refractivity contribution in [3.63, 3.8) is 0 Å². The van der Waals surface area contributed by atoms with Crippen LogP contribution in [0.15, 0.2) is 42.5 Å². The van der Waals surface area contributed by atoms with E-state index in [2.05, 4.69) is 16.0 Å². The number of hydrogen-bond donors (Lipinski definition) is 1. The number of nitrogens with two attached hydrogens (primary N) is 1. The van der Waals surface area contributed by atoms with Crippen molar-refractivity contribution < 1.29 is 4.74 Å². The van der Waals surface area contributed by atoms with Gasteiger partial charge in [0.05, 0.1) is 18.0 Å². The predicted molar refractivity (Wildman–Crippen MR) is 75.7 cm³/mol. The number of hydrogen-bond acceptors (Lipinski definition) is 4. The van der Waals surface area contributed by atoms with E-state index in [1.54, 1.807) is 0 Å². The molecule has 4 heteroatoms. The fourth-order valence-electron chi connectivity index (χ4n) is 2.30. The Morgan fingerprint density at radius 3 is 2.95 bits per heavy atom. The number of nitrogens with zero attached hydrogens (tertiary/aromatic N) is 2. The maximum absolute atomic E-state index is 5.76. The number of ether oxygens (including phenoxy) is 1. The molecule has 0 fully saturated rings. The molecule has 1 aliphatic heterocycles. The van der Waals surface area contributed by atoms with Gasteiger partial charge in [0.1, 0.15) is 11.6 Å². The highest BCUT2D eigenvalue weighted by Crippen LogP contribution is 2.34. The van der Waals surface area contributed by atoms with Crippen LogP contribution in [0.4, 0.5) is 11.5 Å². The first-order valence-corrected chi connectivity index (χ1v) is 6.54. The molecule has 3 rings (SSSR count). The van der Waals surface area contributed by atoms with Gasteiger partial charge in [0.25, 0.3) is 0 Å². The summed E-state index contributed by atoms with van der Waals surface area (Å²) >= 11 is 0. The van der Waals surface area contributed by atoms with Gasteiger partial charge in [-0.3, -0.25) is 0 Å². The molecule has 0 saturated heterocycles. The third kappa shape index (κ3) is 2.39. The van der Waals surface area contributed by atoms with Crippen LogP contribution in [0.25, 0.3) is 0 Å². The quantitative estimate of drug-likeness (QED) is 0.895. The molecule has 0 spiro atoms. The summed E-state index contributed by atoms with van der Waals surface area (Å²) in [5.74, 6) is 1.85. The Morgan fingerprint density at radius 2 is 2.05 bits per heavy atom. The van der Waals surface area contributed by atoms with Gasteiger partial charge in [0.15, 0.2) is 0 Å². The van der Waals surface area contributed by atoms with Gasteiger partial charge in [-0.1, -0.05) is 18.2 Å². The number of benzene rings is 1. The number of rotatable bonds is 2. The van der Waals surface area contributed by atoms with Crippen molar-refractivity contribution in [2.45, 2.75) is 13.0 Å². The van der Waals surface area contributed by atoms with Crippen LogP contribution in [0, 0.1) is 0 Å². The fourth-order valence-corrected chi connectivity index (χ4v) is 2.30. The van der Waals surface area contributed by atoms with Gasteiger partial charge in [0, 0.05) is 13.1 Å². The molecule has 0 unspecified atom stereocenters. The van der Waals surface area contributed by atoms with Crippen molar-refractivity contribution in [3.05, 3.63) is 48.2 Å². The van der Waals surface area contributed by atoms with Crippen molar-refractivity contribution in [3.8, 4) is 5.75 Å². The van der Waals surface area contributed by atoms with Gasteiger partial charge in [-0.2, -0.15) is 0 Å². The Bertz CT molecular complexity index is 571. The topological polar surface area (TPSA) is 51.4 Å². The zero-order chi connectivity index (χ0) is 13.1. The maximum Gasteiger partial charge on any atom is 0.142 e. The Hall–Kier alpha value is -2.07. The molecule has 0 aliphatic carbocycles. The second-order valence-corrected chi connectivity index (χ2v) is 4.51. The summed E-state index contributed by atoms with van der Waals surface area (Å²) in [4.78, 5) is 6.80. The van der Waals surface area contributed by atoms with E-state index >= 15 is 0 Å². The SMILES string of the molecule is NCc1cccc(N2CCCOc3ccccc32)n1. The number of fused-ring (bicyclic) bond motifs is 1. The van der Waals surface area contributed by atoms with E-state index in [0.29, 0.717) is 6.54 Å². The second kappa shape index (κ2) is 5.28. The lowest BCUT2D eigenvalue weighted by molar-refractivity contribution is 0.322. The van der Waals surface area contributed by atoms with Crippen molar-refractivity contribution in [1.29, 1.82) is 0 Å². The Balaban J connectivity index is 2.03. The lowest BCUT2D eigenvalue weighted by atomic mass is 10.2. The van der Waals surface area contributed by atoms with Crippen LogP contribution in [0.2, 0.25) is 0 Å². The lowest BCUT2D eigenvalue weighted by Crippen LogP contribution is -2.19. The standard InChI is InChI=1S/C15H17N3O/c16-11-12-5-3-8-15(17-12)18-9-4-10-19-14-7-2-1-6-13(14)18/h1-3,5-8H,4,9-11,16H2. The van der Waals surface area contributed by atoms with E-state index in [-0.39, 0.29) is 0 Å². The molecular formula is C15H17N3O. The molecule has 1 aromatic heterocycles. The summed E-state index contributed by atoms with van der Waals surface area (Å²) in [6.45, 7) is 2.10. The highest BCUT2D eigenvalue weighted by molar-refractivity contribution is 5.67. The third-order valence-corrected chi connectivity index (χ3v) is 3.22. The van der Waals surface area contributed by atoms with Crippen LogP contribution in [-0.2, 0) is 6.54 Å². The van der Waals surface area contributed by atoms with Gasteiger partial charge >= 0.3 is 0 Å². The van der Waals surface area contributed by atoms with Gasteiger partial charge < -0.3 is 15.4 Å². The first-order valence-electron chi connectivity index (χ1n) is 6.54. The average molecular weight is 255 g/mol. The third-order valence-electron chi connectivity index (χ3n) is 3.22. The number of pyridine rings is 1. The molecule has 1 aliphatic rings. The molecule has 0 amide bonds. The number of aromatic nitrogens is 1. The number of para-hydroxylation sites is 2. The minimum atomic E-state index is 0.458. The van der Waals surface area contributed by atoms with Crippen LogP contribution in [-0.4, -0.2) is 18.1 Å². The molecule has 98 valence electrons. The normalized spacial score (nSPS) is 14.5. The summed E-state index contributed by atoms with van der Waals surface area (Å²) in [6, 6.07) is 14.0. The van der Waals surface area contributed by atoms with Gasteiger partial charge in [0.2, 0.25) is 0 Å². The van der Waals surface area contributed by atoms with Gasteiger partial charge in [-0.05, 0) is 30.7 Å². The van der Waals surface area contributed by atoms with E-state index in [1.807, 2.05) is 36.4 Å². The zero-order valence-corrected chi connectivity index (χ0v) is 10.7. The zero-order valence-electron chi connectivity index (χ0n) is 10.7. The Morgan fingerprint density at radius 1 is 1.16 bits per heavy atom. The van der Waals surface area contributed by atoms with Crippen molar-refractivity contribution >= 4 is 11.5 Å². The van der Waals surface area contributed by atoms with Crippen LogP contribution >= 0.6 is 0 Å². The first-order chi connectivity index (χ1) is 9.38. The van der Waals surface area contributed by atoms with E-state index < -0.39 is 0 Å². The molecular weight excluding hydrogens is 238 g/mol. The lowest BCUT2D eigenvalue weighted by Gasteiger charge is -2.23. The molecule has 2 heterocycles. The minimum Gasteiger partial charge on any atom is -0.491 e. The smallest absolute Gasteiger partial charge is 0.142 e.